The maximum absolute atomic E-state index is 10.3. The van der Waals surface area contributed by atoms with Crippen molar-refractivity contribution < 1.29 is 5.11 Å². The first-order valence-corrected chi connectivity index (χ1v) is 7.07. The Kier molecular flexibility index (Phi) is 4.41. The fourth-order valence-corrected chi connectivity index (χ4v) is 2.32. The predicted octanol–water partition coefficient (Wildman–Crippen LogP) is 3.07. The number of benzene rings is 1. The van der Waals surface area contributed by atoms with Crippen molar-refractivity contribution >= 4 is 0 Å². The summed E-state index contributed by atoms with van der Waals surface area (Å²) in [5.41, 5.74) is 3.60. The minimum atomic E-state index is -0.358. The maximum atomic E-state index is 10.3. The van der Waals surface area contributed by atoms with E-state index in [1.165, 1.54) is 24.0 Å². The Morgan fingerprint density at radius 1 is 1.28 bits per heavy atom. The molecule has 0 aromatic heterocycles. The van der Waals surface area contributed by atoms with Gasteiger partial charge in [-0.1, -0.05) is 25.1 Å². The summed E-state index contributed by atoms with van der Waals surface area (Å²) in [5, 5.41) is 10.3. The summed E-state index contributed by atoms with van der Waals surface area (Å²) in [4.78, 5) is 2.37. The Morgan fingerprint density at radius 3 is 2.56 bits per heavy atom. The molecule has 0 heterocycles. The van der Waals surface area contributed by atoms with E-state index in [4.69, 9.17) is 0 Å². The largest absolute Gasteiger partial charge is 0.387 e. The lowest BCUT2D eigenvalue weighted by molar-refractivity contribution is 0.113. The predicted molar refractivity (Wildman–Crippen MR) is 75.7 cm³/mol. The molecule has 1 aromatic rings. The quantitative estimate of drug-likeness (QED) is 0.835. The van der Waals surface area contributed by atoms with Crippen molar-refractivity contribution in [3.8, 4) is 0 Å². The van der Waals surface area contributed by atoms with Crippen LogP contribution in [0.5, 0.6) is 0 Å². The first-order valence-electron chi connectivity index (χ1n) is 7.07. The van der Waals surface area contributed by atoms with Crippen LogP contribution in [0.15, 0.2) is 18.2 Å². The van der Waals surface area contributed by atoms with E-state index in [2.05, 4.69) is 43.9 Å². The summed E-state index contributed by atoms with van der Waals surface area (Å²) in [5.74, 6) is 0.886. The normalized spacial score (nSPS) is 17.2. The number of nitrogens with zero attached hydrogens (tertiary/aromatic N) is 1. The van der Waals surface area contributed by atoms with Crippen LogP contribution in [-0.4, -0.2) is 29.6 Å². The highest BCUT2D eigenvalue weighted by Crippen LogP contribution is 2.30. The first kappa shape index (κ1) is 13.6. The zero-order valence-corrected chi connectivity index (χ0v) is 11.8. The summed E-state index contributed by atoms with van der Waals surface area (Å²) in [6.45, 7) is 9.33. The molecule has 2 rings (SSSR count). The van der Waals surface area contributed by atoms with Gasteiger partial charge in [0.05, 0.1) is 6.10 Å². The maximum Gasteiger partial charge on any atom is 0.0917 e. The van der Waals surface area contributed by atoms with E-state index in [1.54, 1.807) is 0 Å². The second kappa shape index (κ2) is 5.85. The molecule has 0 amide bonds. The van der Waals surface area contributed by atoms with Crippen LogP contribution in [-0.2, 0) is 0 Å². The number of hydrogen-bond acceptors (Lipinski definition) is 2. The molecule has 100 valence electrons. The van der Waals surface area contributed by atoms with Crippen LogP contribution in [0.1, 0.15) is 42.6 Å². The zero-order chi connectivity index (χ0) is 13.1. The van der Waals surface area contributed by atoms with Crippen molar-refractivity contribution in [2.45, 2.75) is 39.7 Å². The third kappa shape index (κ3) is 3.56. The van der Waals surface area contributed by atoms with Gasteiger partial charge in [-0.2, -0.15) is 0 Å². The molecule has 1 unspecified atom stereocenters. The van der Waals surface area contributed by atoms with Crippen LogP contribution < -0.4 is 0 Å². The highest BCUT2D eigenvalue weighted by Gasteiger charge is 2.24. The first-order chi connectivity index (χ1) is 8.60. The Labute approximate surface area is 111 Å². The van der Waals surface area contributed by atoms with E-state index in [1.807, 2.05) is 0 Å². The van der Waals surface area contributed by atoms with Gasteiger partial charge in [0, 0.05) is 13.1 Å². The summed E-state index contributed by atoms with van der Waals surface area (Å²) >= 11 is 0. The molecule has 0 radical (unpaired) electrons. The smallest absolute Gasteiger partial charge is 0.0917 e. The summed E-state index contributed by atoms with van der Waals surface area (Å²) in [7, 11) is 0. The molecule has 0 spiro atoms. The third-order valence-electron chi connectivity index (χ3n) is 4.01. The van der Waals surface area contributed by atoms with Gasteiger partial charge in [-0.25, -0.2) is 0 Å². The van der Waals surface area contributed by atoms with Crippen molar-refractivity contribution in [2.75, 3.05) is 19.6 Å². The molecule has 1 aliphatic rings. The molecule has 1 atom stereocenters. The second-order valence-electron chi connectivity index (χ2n) is 5.66. The van der Waals surface area contributed by atoms with Gasteiger partial charge in [-0.05, 0) is 55.8 Å². The molecular formula is C16H25NO. The molecule has 2 nitrogen and oxygen atoms in total. The average Bonchev–Trinajstić information content (AvgIpc) is 3.15. The van der Waals surface area contributed by atoms with Crippen molar-refractivity contribution in [1.29, 1.82) is 0 Å². The van der Waals surface area contributed by atoms with Crippen LogP contribution in [0.25, 0.3) is 0 Å². The van der Waals surface area contributed by atoms with Gasteiger partial charge in [0.2, 0.25) is 0 Å². The minimum Gasteiger partial charge on any atom is -0.387 e. The molecule has 2 heteroatoms. The van der Waals surface area contributed by atoms with E-state index in [9.17, 15) is 5.11 Å². The number of aryl methyl sites for hydroxylation is 2. The van der Waals surface area contributed by atoms with Crippen molar-refractivity contribution in [2.24, 2.45) is 5.92 Å². The lowest BCUT2D eigenvalue weighted by atomic mass is 10.0. The number of aliphatic hydroxyl groups excluding tert-OH is 1. The lowest BCUT2D eigenvalue weighted by Gasteiger charge is -2.24. The van der Waals surface area contributed by atoms with Crippen LogP contribution >= 0.6 is 0 Å². The van der Waals surface area contributed by atoms with Gasteiger partial charge < -0.3 is 10.0 Å². The van der Waals surface area contributed by atoms with E-state index in [0.29, 0.717) is 0 Å². The van der Waals surface area contributed by atoms with Gasteiger partial charge in [0.1, 0.15) is 0 Å². The number of hydrogen-bond donors (Lipinski definition) is 1. The second-order valence-corrected chi connectivity index (χ2v) is 5.66. The Bertz CT molecular complexity index is 398. The fourth-order valence-electron chi connectivity index (χ4n) is 2.32. The number of likely N-dealkylation sites (N-methyl/N-ethyl adjacent to an activating group) is 1. The molecule has 1 saturated carbocycles. The van der Waals surface area contributed by atoms with Gasteiger partial charge in [0.15, 0.2) is 0 Å². The van der Waals surface area contributed by atoms with Crippen molar-refractivity contribution in [3.05, 3.63) is 34.9 Å². The highest BCUT2D eigenvalue weighted by atomic mass is 16.3. The molecule has 1 N–H and O–H groups in total. The van der Waals surface area contributed by atoms with Crippen molar-refractivity contribution in [1.82, 2.24) is 4.90 Å². The average molecular weight is 247 g/mol. The minimum absolute atomic E-state index is 0.358. The molecule has 0 bridgehead atoms. The van der Waals surface area contributed by atoms with Gasteiger partial charge in [-0.3, -0.25) is 0 Å². The Balaban J connectivity index is 1.96. The molecule has 1 fully saturated rings. The van der Waals surface area contributed by atoms with Crippen LogP contribution in [0.4, 0.5) is 0 Å². The van der Waals surface area contributed by atoms with Crippen LogP contribution in [0.3, 0.4) is 0 Å². The molecule has 1 aromatic carbocycles. The molecule has 1 aliphatic carbocycles. The summed E-state index contributed by atoms with van der Waals surface area (Å²) < 4.78 is 0. The van der Waals surface area contributed by atoms with Crippen LogP contribution in [0.2, 0.25) is 0 Å². The SMILES string of the molecule is CCN(CC1CC1)CC(O)c1ccc(C)c(C)c1. The molecule has 0 saturated heterocycles. The summed E-state index contributed by atoms with van der Waals surface area (Å²) in [6, 6.07) is 6.27. The highest BCUT2D eigenvalue weighted by molar-refractivity contribution is 5.31. The molecular weight excluding hydrogens is 222 g/mol. The zero-order valence-electron chi connectivity index (χ0n) is 11.8. The standard InChI is InChI=1S/C16H25NO/c1-4-17(10-14-6-7-14)11-16(18)15-8-5-12(2)13(3)9-15/h5,8-9,14,16,18H,4,6-7,10-11H2,1-3H3. The number of aliphatic hydroxyl groups is 1. The number of rotatable bonds is 6. The summed E-state index contributed by atoms with van der Waals surface area (Å²) in [6.07, 6.45) is 2.38. The molecule has 0 aliphatic heterocycles. The fraction of sp³-hybridized carbons (Fsp3) is 0.625. The van der Waals surface area contributed by atoms with E-state index in [0.717, 1.165) is 31.1 Å². The third-order valence-corrected chi connectivity index (χ3v) is 4.01. The van der Waals surface area contributed by atoms with Gasteiger partial charge >= 0.3 is 0 Å². The van der Waals surface area contributed by atoms with Crippen molar-refractivity contribution in [3.63, 3.8) is 0 Å². The van der Waals surface area contributed by atoms with E-state index >= 15 is 0 Å². The van der Waals surface area contributed by atoms with E-state index < -0.39 is 0 Å². The van der Waals surface area contributed by atoms with Gasteiger partial charge in [-0.15, -0.1) is 0 Å². The van der Waals surface area contributed by atoms with E-state index in [-0.39, 0.29) is 6.10 Å². The van der Waals surface area contributed by atoms with Crippen LogP contribution in [0, 0.1) is 19.8 Å². The lowest BCUT2D eigenvalue weighted by Crippen LogP contribution is -2.30. The topological polar surface area (TPSA) is 23.5 Å². The Morgan fingerprint density at radius 2 is 2.00 bits per heavy atom. The Hall–Kier alpha value is -0.860. The van der Waals surface area contributed by atoms with Gasteiger partial charge in [0.25, 0.3) is 0 Å². The monoisotopic (exact) mass is 247 g/mol. The molecule has 18 heavy (non-hydrogen) atoms.